The van der Waals surface area contributed by atoms with E-state index in [9.17, 15) is 4.79 Å². The van der Waals surface area contributed by atoms with Crippen molar-refractivity contribution in [1.82, 2.24) is 39.9 Å². The van der Waals surface area contributed by atoms with Crippen LogP contribution in [0, 0.1) is 0 Å². The van der Waals surface area contributed by atoms with Gasteiger partial charge in [0.25, 0.3) is 5.56 Å². The second kappa shape index (κ2) is 6.06. The first-order valence-corrected chi connectivity index (χ1v) is 6.76. The van der Waals surface area contributed by atoms with E-state index in [4.69, 9.17) is 29.1 Å². The van der Waals surface area contributed by atoms with Gasteiger partial charge >= 0.3 is 0 Å². The summed E-state index contributed by atoms with van der Waals surface area (Å²) in [5.74, 6) is 0.316. The maximum atomic E-state index is 11.2. The highest BCUT2D eigenvalue weighted by atomic mass is 35.5. The Labute approximate surface area is 136 Å². The van der Waals surface area contributed by atoms with Crippen molar-refractivity contribution in [3.05, 3.63) is 28.2 Å². The monoisotopic (exact) mass is 354 g/mol. The summed E-state index contributed by atoms with van der Waals surface area (Å²) in [6, 6.07) is 0. The third-order valence-electron chi connectivity index (χ3n) is 2.64. The Kier molecular flexibility index (Phi) is 3.95. The largest absolute Gasteiger partial charge is 0.368 e. The summed E-state index contributed by atoms with van der Waals surface area (Å²) in [7, 11) is 0. The highest BCUT2D eigenvalue weighted by Gasteiger charge is 2.04. The van der Waals surface area contributed by atoms with Crippen molar-refractivity contribution in [2.45, 2.75) is 0 Å². The van der Waals surface area contributed by atoms with Crippen LogP contribution >= 0.6 is 23.4 Å². The van der Waals surface area contributed by atoms with Crippen LogP contribution in [0.25, 0.3) is 22.3 Å². The van der Waals surface area contributed by atoms with Crippen molar-refractivity contribution in [2.75, 3.05) is 10.6 Å². The second-order valence-electron chi connectivity index (χ2n) is 4.08. The molecular formula is C10H8Cl2N10O. The number of aromatic nitrogens is 8. The summed E-state index contributed by atoms with van der Waals surface area (Å²) < 4.78 is 0. The number of hydrogen-bond acceptors (Lipinski definition) is 8. The lowest BCUT2D eigenvalue weighted by molar-refractivity contribution is 1.17. The quantitative estimate of drug-likeness (QED) is 0.247. The lowest BCUT2D eigenvalue weighted by atomic mass is 10.5. The van der Waals surface area contributed by atoms with E-state index in [1.54, 1.807) is 0 Å². The van der Waals surface area contributed by atoms with E-state index < -0.39 is 0 Å². The van der Waals surface area contributed by atoms with Crippen LogP contribution in [0.1, 0.15) is 0 Å². The van der Waals surface area contributed by atoms with Gasteiger partial charge in [-0.2, -0.15) is 15.0 Å². The van der Waals surface area contributed by atoms with E-state index in [0.29, 0.717) is 27.5 Å². The van der Waals surface area contributed by atoms with Gasteiger partial charge in [0.2, 0.25) is 11.9 Å². The minimum absolute atomic E-state index is 0.134. The van der Waals surface area contributed by atoms with E-state index >= 15 is 0 Å². The minimum atomic E-state index is -0.305. The van der Waals surface area contributed by atoms with E-state index in [2.05, 4.69) is 44.7 Å². The molecule has 0 atom stereocenters. The lowest BCUT2D eigenvalue weighted by Crippen LogP contribution is -2.09. The average molecular weight is 355 g/mol. The lowest BCUT2D eigenvalue weighted by Gasteiger charge is -1.93. The number of nitrogens with one attached hydrogen (secondary N) is 4. The third-order valence-corrected chi connectivity index (χ3v) is 3.10. The molecule has 0 saturated heterocycles. The Morgan fingerprint density at radius 1 is 1.04 bits per heavy atom. The minimum Gasteiger partial charge on any atom is -0.368 e. The first-order valence-electron chi connectivity index (χ1n) is 6.00. The number of nitrogens with two attached hydrogens (primary N) is 1. The number of anilines is 2. The van der Waals surface area contributed by atoms with Crippen molar-refractivity contribution in [3.8, 4) is 0 Å². The van der Waals surface area contributed by atoms with Crippen LogP contribution in [0.3, 0.4) is 0 Å². The second-order valence-corrected chi connectivity index (χ2v) is 4.63. The Morgan fingerprint density at radius 3 is 2.39 bits per heavy atom. The molecule has 0 aliphatic heterocycles. The molecule has 0 aliphatic rings. The SMILES string of the molecule is Nc1nc(Cl)c2[nH]cnc2n1.O=c1[nH]c(NCl)nc2nc[nH]c12. The summed E-state index contributed by atoms with van der Waals surface area (Å²) in [6.07, 6.45) is 2.88. The molecule has 0 radical (unpaired) electrons. The van der Waals surface area contributed by atoms with Crippen LogP contribution in [0.5, 0.6) is 0 Å². The number of nitrogens with zero attached hydrogens (tertiary/aromatic N) is 5. The number of nitrogen functional groups attached to an aromatic ring is 1. The number of imidazole rings is 2. The van der Waals surface area contributed by atoms with Crippen LogP contribution in [-0.4, -0.2) is 39.9 Å². The summed E-state index contributed by atoms with van der Waals surface area (Å²) in [5.41, 5.74) is 6.79. The van der Waals surface area contributed by atoms with Gasteiger partial charge in [0, 0.05) is 11.8 Å². The van der Waals surface area contributed by atoms with Crippen molar-refractivity contribution in [2.24, 2.45) is 0 Å². The number of hydrogen-bond donors (Lipinski definition) is 5. The number of H-pyrrole nitrogens is 3. The standard InChI is InChI=1S/C5H4ClN5O.C5H4ClN5/c6-11-5-9-3-2(4(12)10-5)7-1-8-3;6-3-2-4(9-1-8-2)11-5(7)10-3/h1H,(H3,7,8,9,10,11,12);1H,(H3,7,8,9,10,11). The Morgan fingerprint density at radius 2 is 1.70 bits per heavy atom. The van der Waals surface area contributed by atoms with E-state index in [1.807, 2.05) is 0 Å². The first-order chi connectivity index (χ1) is 11.1. The van der Waals surface area contributed by atoms with E-state index in [0.717, 1.165) is 0 Å². The zero-order valence-corrected chi connectivity index (χ0v) is 12.6. The summed E-state index contributed by atoms with van der Waals surface area (Å²) in [4.78, 5) is 40.3. The van der Waals surface area contributed by atoms with Crippen LogP contribution in [0.2, 0.25) is 5.15 Å². The maximum absolute atomic E-state index is 11.2. The molecule has 0 bridgehead atoms. The first kappa shape index (κ1) is 15.0. The molecule has 13 heteroatoms. The normalized spacial score (nSPS) is 10.5. The zero-order valence-electron chi connectivity index (χ0n) is 11.1. The van der Waals surface area contributed by atoms with Gasteiger partial charge in [-0.05, 0) is 0 Å². The zero-order chi connectivity index (χ0) is 16.4. The van der Waals surface area contributed by atoms with E-state index in [1.165, 1.54) is 12.7 Å². The molecule has 4 rings (SSSR count). The highest BCUT2D eigenvalue weighted by molar-refractivity contribution is 6.33. The van der Waals surface area contributed by atoms with Crippen LogP contribution < -0.4 is 16.1 Å². The molecule has 0 amide bonds. The fourth-order valence-electron chi connectivity index (χ4n) is 1.70. The molecule has 0 aromatic carbocycles. The summed E-state index contributed by atoms with van der Waals surface area (Å²) in [6.45, 7) is 0. The number of rotatable bonds is 1. The predicted octanol–water partition coefficient (Wildman–Crippen LogP) is 0.800. The van der Waals surface area contributed by atoms with Gasteiger partial charge in [0.05, 0.1) is 12.7 Å². The molecule has 4 aromatic heterocycles. The molecule has 0 aliphatic carbocycles. The number of fused-ring (bicyclic) bond motifs is 2. The fraction of sp³-hybridized carbons (Fsp3) is 0. The van der Waals surface area contributed by atoms with Crippen molar-refractivity contribution >= 4 is 57.6 Å². The molecule has 0 spiro atoms. The predicted molar refractivity (Wildman–Crippen MR) is 85.1 cm³/mol. The van der Waals surface area contributed by atoms with Gasteiger partial charge in [-0.3, -0.25) is 14.6 Å². The Hall–Kier alpha value is -2.92. The highest BCUT2D eigenvalue weighted by Crippen LogP contribution is 2.16. The maximum Gasteiger partial charge on any atom is 0.278 e. The average Bonchev–Trinajstić information content (AvgIpc) is 3.16. The summed E-state index contributed by atoms with van der Waals surface area (Å²) >= 11 is 10.9. The van der Waals surface area contributed by atoms with Gasteiger partial charge in [-0.1, -0.05) is 11.6 Å². The fourth-order valence-corrected chi connectivity index (χ4v) is 2.02. The molecule has 0 saturated carbocycles. The van der Waals surface area contributed by atoms with Gasteiger partial charge in [-0.25, -0.2) is 9.97 Å². The molecule has 11 nitrogen and oxygen atoms in total. The van der Waals surface area contributed by atoms with Gasteiger partial charge < -0.3 is 15.7 Å². The molecule has 23 heavy (non-hydrogen) atoms. The van der Waals surface area contributed by atoms with Gasteiger partial charge in [0.15, 0.2) is 22.0 Å². The number of aromatic amines is 3. The van der Waals surface area contributed by atoms with Crippen LogP contribution in [0.15, 0.2) is 17.4 Å². The van der Waals surface area contributed by atoms with E-state index in [-0.39, 0.29) is 17.5 Å². The van der Waals surface area contributed by atoms with Crippen molar-refractivity contribution in [3.63, 3.8) is 0 Å². The molecular weight excluding hydrogens is 347 g/mol. The van der Waals surface area contributed by atoms with Gasteiger partial charge in [-0.15, -0.1) is 0 Å². The molecule has 118 valence electrons. The topological polar surface area (TPSA) is 167 Å². The van der Waals surface area contributed by atoms with Crippen molar-refractivity contribution in [1.29, 1.82) is 0 Å². The Bertz CT molecular complexity index is 1020. The van der Waals surface area contributed by atoms with Crippen LogP contribution in [-0.2, 0) is 0 Å². The Balaban J connectivity index is 0.000000136. The smallest absolute Gasteiger partial charge is 0.278 e. The van der Waals surface area contributed by atoms with Crippen molar-refractivity contribution < 1.29 is 0 Å². The van der Waals surface area contributed by atoms with Crippen LogP contribution in [0.4, 0.5) is 11.9 Å². The summed E-state index contributed by atoms with van der Waals surface area (Å²) in [5, 5.41) is 0.296. The number of halogens is 2. The molecule has 4 aromatic rings. The molecule has 6 N–H and O–H groups in total. The van der Waals surface area contributed by atoms with Gasteiger partial charge in [0.1, 0.15) is 5.52 Å². The molecule has 4 heterocycles. The molecule has 0 fully saturated rings. The third kappa shape index (κ3) is 3.00. The molecule has 0 unspecified atom stereocenters.